The first-order chi connectivity index (χ1) is 6.15. The van der Waals surface area contributed by atoms with Gasteiger partial charge in [0.05, 0.1) is 11.6 Å². The Bertz CT molecular complexity index is 303. The first kappa shape index (κ1) is 9.80. The summed E-state index contributed by atoms with van der Waals surface area (Å²) >= 11 is 0. The predicted molar refractivity (Wildman–Crippen MR) is 54.4 cm³/mol. The van der Waals surface area contributed by atoms with Crippen molar-refractivity contribution in [1.82, 2.24) is 0 Å². The highest BCUT2D eigenvalue weighted by Gasteiger charge is 2.08. The maximum absolute atomic E-state index is 8.63. The van der Waals surface area contributed by atoms with Gasteiger partial charge >= 0.3 is 0 Å². The van der Waals surface area contributed by atoms with Crippen LogP contribution in [0, 0.1) is 17.2 Å². The average Bonchev–Trinajstić information content (AvgIpc) is 2.17. The van der Waals surface area contributed by atoms with Crippen molar-refractivity contribution in [3.05, 3.63) is 35.4 Å². The SMILES string of the molecule is CC(C)C(C)c1ccc(C#N)cc1. The van der Waals surface area contributed by atoms with Crippen LogP contribution in [0.5, 0.6) is 0 Å². The summed E-state index contributed by atoms with van der Waals surface area (Å²) in [5.74, 6) is 1.21. The van der Waals surface area contributed by atoms with E-state index in [4.69, 9.17) is 5.26 Å². The summed E-state index contributed by atoms with van der Waals surface area (Å²) < 4.78 is 0. The number of hydrogen-bond donors (Lipinski definition) is 0. The molecule has 0 N–H and O–H groups in total. The van der Waals surface area contributed by atoms with Gasteiger partial charge in [-0.2, -0.15) is 5.26 Å². The van der Waals surface area contributed by atoms with Gasteiger partial charge in [0.1, 0.15) is 0 Å². The molecule has 1 heteroatoms. The fraction of sp³-hybridized carbons (Fsp3) is 0.417. The van der Waals surface area contributed by atoms with Crippen LogP contribution < -0.4 is 0 Å². The average molecular weight is 173 g/mol. The highest BCUT2D eigenvalue weighted by Crippen LogP contribution is 2.23. The summed E-state index contributed by atoms with van der Waals surface area (Å²) in [5.41, 5.74) is 2.05. The van der Waals surface area contributed by atoms with E-state index >= 15 is 0 Å². The zero-order chi connectivity index (χ0) is 9.84. The van der Waals surface area contributed by atoms with Crippen molar-refractivity contribution in [2.75, 3.05) is 0 Å². The fourth-order valence-electron chi connectivity index (χ4n) is 1.25. The minimum Gasteiger partial charge on any atom is -0.192 e. The van der Waals surface area contributed by atoms with E-state index in [-0.39, 0.29) is 0 Å². The maximum atomic E-state index is 8.63. The number of hydrogen-bond acceptors (Lipinski definition) is 1. The Morgan fingerprint density at radius 2 is 1.62 bits per heavy atom. The highest BCUT2D eigenvalue weighted by molar-refractivity contribution is 5.32. The molecule has 1 aromatic carbocycles. The van der Waals surface area contributed by atoms with Crippen molar-refractivity contribution in [3.63, 3.8) is 0 Å². The second kappa shape index (κ2) is 4.09. The van der Waals surface area contributed by atoms with E-state index in [0.717, 1.165) is 5.56 Å². The maximum Gasteiger partial charge on any atom is 0.0991 e. The van der Waals surface area contributed by atoms with E-state index in [2.05, 4.69) is 26.8 Å². The monoisotopic (exact) mass is 173 g/mol. The fourth-order valence-corrected chi connectivity index (χ4v) is 1.25. The molecule has 1 unspecified atom stereocenters. The third-order valence-corrected chi connectivity index (χ3v) is 2.57. The second-order valence-corrected chi connectivity index (χ2v) is 3.77. The molecule has 0 aromatic heterocycles. The van der Waals surface area contributed by atoms with E-state index in [1.165, 1.54) is 5.56 Å². The van der Waals surface area contributed by atoms with Crippen LogP contribution in [-0.2, 0) is 0 Å². The molecule has 68 valence electrons. The molecular weight excluding hydrogens is 158 g/mol. The lowest BCUT2D eigenvalue weighted by molar-refractivity contribution is 0.535. The van der Waals surface area contributed by atoms with Crippen molar-refractivity contribution in [3.8, 4) is 6.07 Å². The van der Waals surface area contributed by atoms with Crippen LogP contribution >= 0.6 is 0 Å². The molecule has 0 heterocycles. The van der Waals surface area contributed by atoms with Gasteiger partial charge in [0, 0.05) is 0 Å². The molecule has 1 rings (SSSR count). The number of nitriles is 1. The number of rotatable bonds is 2. The van der Waals surface area contributed by atoms with Gasteiger partial charge in [0.15, 0.2) is 0 Å². The summed E-state index contributed by atoms with van der Waals surface area (Å²) in [7, 11) is 0. The molecule has 0 radical (unpaired) electrons. The lowest BCUT2D eigenvalue weighted by atomic mass is 9.90. The molecular formula is C12H15N. The summed E-state index contributed by atoms with van der Waals surface area (Å²) in [6.45, 7) is 6.64. The van der Waals surface area contributed by atoms with Crippen LogP contribution in [0.4, 0.5) is 0 Å². The summed E-state index contributed by atoms with van der Waals surface area (Å²) in [6.07, 6.45) is 0. The largest absolute Gasteiger partial charge is 0.192 e. The minimum absolute atomic E-state index is 0.563. The van der Waals surface area contributed by atoms with Gasteiger partial charge < -0.3 is 0 Å². The van der Waals surface area contributed by atoms with E-state index in [1.807, 2.05) is 24.3 Å². The Morgan fingerprint density at radius 3 is 2.00 bits per heavy atom. The lowest BCUT2D eigenvalue weighted by Gasteiger charge is -2.15. The molecule has 0 aliphatic rings. The van der Waals surface area contributed by atoms with Crippen molar-refractivity contribution >= 4 is 0 Å². The Morgan fingerprint density at radius 1 is 1.08 bits per heavy atom. The normalized spacial score (nSPS) is 12.5. The second-order valence-electron chi connectivity index (χ2n) is 3.77. The zero-order valence-corrected chi connectivity index (χ0v) is 8.41. The third-order valence-electron chi connectivity index (χ3n) is 2.57. The molecule has 13 heavy (non-hydrogen) atoms. The number of nitrogens with zero attached hydrogens (tertiary/aromatic N) is 1. The van der Waals surface area contributed by atoms with Crippen LogP contribution in [0.3, 0.4) is 0 Å². The van der Waals surface area contributed by atoms with Gasteiger partial charge in [-0.15, -0.1) is 0 Å². The third kappa shape index (κ3) is 2.32. The van der Waals surface area contributed by atoms with Gasteiger partial charge in [-0.25, -0.2) is 0 Å². The summed E-state index contributed by atoms with van der Waals surface area (Å²) in [6, 6.07) is 9.98. The van der Waals surface area contributed by atoms with E-state index in [0.29, 0.717) is 11.8 Å². The smallest absolute Gasteiger partial charge is 0.0991 e. The van der Waals surface area contributed by atoms with Crippen LogP contribution in [0.15, 0.2) is 24.3 Å². The molecule has 1 aromatic rings. The Balaban J connectivity index is 2.87. The molecule has 0 bridgehead atoms. The van der Waals surface area contributed by atoms with Gasteiger partial charge in [0.2, 0.25) is 0 Å². The van der Waals surface area contributed by atoms with Gasteiger partial charge in [-0.3, -0.25) is 0 Å². The van der Waals surface area contributed by atoms with Crippen molar-refractivity contribution < 1.29 is 0 Å². The number of benzene rings is 1. The minimum atomic E-state index is 0.563. The molecule has 1 atom stereocenters. The summed E-state index contributed by atoms with van der Waals surface area (Å²) in [4.78, 5) is 0. The molecule has 0 aliphatic heterocycles. The van der Waals surface area contributed by atoms with Crippen LogP contribution in [0.2, 0.25) is 0 Å². The lowest BCUT2D eigenvalue weighted by Crippen LogP contribution is -2.01. The Hall–Kier alpha value is -1.29. The Labute approximate surface area is 80.0 Å². The first-order valence-electron chi connectivity index (χ1n) is 4.65. The van der Waals surface area contributed by atoms with Crippen molar-refractivity contribution in [2.45, 2.75) is 26.7 Å². The first-order valence-corrected chi connectivity index (χ1v) is 4.65. The van der Waals surface area contributed by atoms with E-state index < -0.39 is 0 Å². The summed E-state index contributed by atoms with van der Waals surface area (Å²) in [5, 5.41) is 8.63. The molecule has 0 fully saturated rings. The predicted octanol–water partition coefficient (Wildman–Crippen LogP) is 3.32. The van der Waals surface area contributed by atoms with Crippen molar-refractivity contribution in [2.24, 2.45) is 5.92 Å². The van der Waals surface area contributed by atoms with E-state index in [9.17, 15) is 0 Å². The quantitative estimate of drug-likeness (QED) is 0.673. The van der Waals surface area contributed by atoms with Gasteiger partial charge in [-0.1, -0.05) is 32.9 Å². The van der Waals surface area contributed by atoms with E-state index in [1.54, 1.807) is 0 Å². The van der Waals surface area contributed by atoms with Crippen LogP contribution in [0.1, 0.15) is 37.8 Å². The van der Waals surface area contributed by atoms with Crippen molar-refractivity contribution in [1.29, 1.82) is 5.26 Å². The molecule has 0 saturated carbocycles. The van der Waals surface area contributed by atoms with Crippen LogP contribution in [0.25, 0.3) is 0 Å². The van der Waals surface area contributed by atoms with Gasteiger partial charge in [-0.05, 0) is 29.5 Å². The topological polar surface area (TPSA) is 23.8 Å². The molecule has 0 aliphatic carbocycles. The standard InChI is InChI=1S/C12H15N/c1-9(2)10(3)12-6-4-11(8-13)5-7-12/h4-7,9-10H,1-3H3. The molecule has 0 spiro atoms. The Kier molecular flexibility index (Phi) is 3.08. The highest BCUT2D eigenvalue weighted by atomic mass is 14.2. The zero-order valence-electron chi connectivity index (χ0n) is 8.41. The van der Waals surface area contributed by atoms with Crippen LogP contribution in [-0.4, -0.2) is 0 Å². The molecule has 0 amide bonds. The molecule has 0 saturated heterocycles. The molecule has 1 nitrogen and oxygen atoms in total. The van der Waals surface area contributed by atoms with Gasteiger partial charge in [0.25, 0.3) is 0 Å².